The molecule has 1 aromatic rings. The van der Waals surface area contributed by atoms with E-state index < -0.39 is 10.0 Å². The van der Waals surface area contributed by atoms with Crippen molar-refractivity contribution in [3.63, 3.8) is 0 Å². The fourth-order valence-electron chi connectivity index (χ4n) is 2.83. The molecule has 0 saturated carbocycles. The van der Waals surface area contributed by atoms with Gasteiger partial charge in [-0.1, -0.05) is 19.8 Å². The van der Waals surface area contributed by atoms with Gasteiger partial charge < -0.3 is 5.73 Å². The Morgan fingerprint density at radius 3 is 2.85 bits per heavy atom. The molecule has 0 aliphatic carbocycles. The van der Waals surface area contributed by atoms with Crippen LogP contribution in [0.15, 0.2) is 16.3 Å². The zero-order valence-corrected chi connectivity index (χ0v) is 13.7. The normalized spacial score (nSPS) is 21.8. The van der Waals surface area contributed by atoms with Crippen LogP contribution >= 0.6 is 11.3 Å². The smallest absolute Gasteiger partial charge is 0.243 e. The second-order valence-corrected chi connectivity index (χ2v) is 8.38. The first-order chi connectivity index (χ1) is 9.57. The molecule has 1 aromatic heterocycles. The molecule has 0 amide bonds. The van der Waals surface area contributed by atoms with Gasteiger partial charge in [0.2, 0.25) is 10.0 Å². The minimum absolute atomic E-state index is 0.402. The molecule has 1 unspecified atom stereocenters. The molecule has 1 saturated heterocycles. The monoisotopic (exact) mass is 316 g/mol. The summed E-state index contributed by atoms with van der Waals surface area (Å²) in [5, 5.41) is 1.71. The van der Waals surface area contributed by atoms with Gasteiger partial charge in [-0.05, 0) is 31.2 Å². The number of nitrogens with zero attached hydrogens (tertiary/aromatic N) is 1. The summed E-state index contributed by atoms with van der Waals surface area (Å²) in [4.78, 5) is 1.33. The standard InChI is InChI=1S/C14H24N2O2S2/c1-2-4-12-5-3-7-16(8-6-12)20(17,18)14-9-13(10-15)19-11-14/h9,11-12H,2-8,10,15H2,1H3. The summed E-state index contributed by atoms with van der Waals surface area (Å²) in [6.07, 6.45) is 5.50. The van der Waals surface area contributed by atoms with Gasteiger partial charge in [0.05, 0.1) is 4.90 Å². The lowest BCUT2D eigenvalue weighted by Crippen LogP contribution is -2.31. The van der Waals surface area contributed by atoms with E-state index in [4.69, 9.17) is 5.73 Å². The van der Waals surface area contributed by atoms with Crippen LogP contribution in [0, 0.1) is 5.92 Å². The van der Waals surface area contributed by atoms with Gasteiger partial charge >= 0.3 is 0 Å². The summed E-state index contributed by atoms with van der Waals surface area (Å²) >= 11 is 1.42. The van der Waals surface area contributed by atoms with Gasteiger partial charge in [-0.3, -0.25) is 0 Å². The van der Waals surface area contributed by atoms with Gasteiger partial charge in [0.15, 0.2) is 0 Å². The summed E-state index contributed by atoms with van der Waals surface area (Å²) < 4.78 is 26.9. The van der Waals surface area contributed by atoms with E-state index in [-0.39, 0.29) is 0 Å². The van der Waals surface area contributed by atoms with Gasteiger partial charge in [0.25, 0.3) is 0 Å². The largest absolute Gasteiger partial charge is 0.326 e. The van der Waals surface area contributed by atoms with Crippen LogP contribution in [0.3, 0.4) is 0 Å². The Bertz CT molecular complexity index is 525. The van der Waals surface area contributed by atoms with Crippen LogP contribution in [-0.2, 0) is 16.6 Å². The van der Waals surface area contributed by atoms with E-state index in [9.17, 15) is 8.42 Å². The highest BCUT2D eigenvalue weighted by Crippen LogP contribution is 2.27. The average Bonchev–Trinajstić information content (AvgIpc) is 2.80. The third kappa shape index (κ3) is 3.61. The maximum atomic E-state index is 12.6. The van der Waals surface area contributed by atoms with Gasteiger partial charge in [0, 0.05) is 29.9 Å². The van der Waals surface area contributed by atoms with Crippen LogP contribution in [0.5, 0.6) is 0 Å². The SMILES string of the molecule is CCCC1CCCN(S(=O)(=O)c2csc(CN)c2)CC1. The number of hydrogen-bond donors (Lipinski definition) is 1. The van der Waals surface area contributed by atoms with Crippen molar-refractivity contribution in [2.75, 3.05) is 13.1 Å². The molecule has 1 aliphatic rings. The highest BCUT2D eigenvalue weighted by atomic mass is 32.2. The molecule has 2 rings (SSSR count). The van der Waals surface area contributed by atoms with Crippen molar-refractivity contribution >= 4 is 21.4 Å². The van der Waals surface area contributed by atoms with E-state index in [2.05, 4.69) is 6.92 Å². The van der Waals surface area contributed by atoms with Gasteiger partial charge in [-0.15, -0.1) is 11.3 Å². The molecule has 6 heteroatoms. The van der Waals surface area contributed by atoms with Gasteiger partial charge in [-0.2, -0.15) is 4.31 Å². The average molecular weight is 316 g/mol. The molecule has 0 bridgehead atoms. The van der Waals surface area contributed by atoms with E-state index in [0.717, 1.165) is 24.1 Å². The number of rotatable bonds is 5. The lowest BCUT2D eigenvalue weighted by atomic mass is 9.96. The minimum Gasteiger partial charge on any atom is -0.326 e. The van der Waals surface area contributed by atoms with Crippen molar-refractivity contribution < 1.29 is 8.42 Å². The zero-order chi connectivity index (χ0) is 14.6. The van der Waals surface area contributed by atoms with Crippen LogP contribution in [0.25, 0.3) is 0 Å². The fraction of sp³-hybridized carbons (Fsp3) is 0.714. The third-order valence-electron chi connectivity index (χ3n) is 3.97. The van der Waals surface area contributed by atoms with Crippen LogP contribution in [0.1, 0.15) is 43.9 Å². The van der Waals surface area contributed by atoms with E-state index in [1.807, 2.05) is 0 Å². The number of hydrogen-bond acceptors (Lipinski definition) is 4. The quantitative estimate of drug-likeness (QED) is 0.908. The lowest BCUT2D eigenvalue weighted by Gasteiger charge is -2.19. The van der Waals surface area contributed by atoms with Crippen LogP contribution in [-0.4, -0.2) is 25.8 Å². The molecule has 2 heterocycles. The first-order valence-corrected chi connectivity index (χ1v) is 9.67. The fourth-order valence-corrected chi connectivity index (χ4v) is 5.46. The molecule has 4 nitrogen and oxygen atoms in total. The van der Waals surface area contributed by atoms with Crippen molar-refractivity contribution in [2.24, 2.45) is 11.7 Å². The van der Waals surface area contributed by atoms with Crippen molar-refractivity contribution in [1.29, 1.82) is 0 Å². The zero-order valence-electron chi connectivity index (χ0n) is 12.0. The highest BCUT2D eigenvalue weighted by Gasteiger charge is 2.28. The predicted octanol–water partition coefficient (Wildman–Crippen LogP) is 2.80. The van der Waals surface area contributed by atoms with Crippen LogP contribution in [0.4, 0.5) is 0 Å². The summed E-state index contributed by atoms with van der Waals surface area (Å²) in [6.45, 7) is 3.90. The summed E-state index contributed by atoms with van der Waals surface area (Å²) in [5.74, 6) is 0.683. The number of thiophene rings is 1. The molecule has 114 valence electrons. The Balaban J connectivity index is 2.09. The molecule has 20 heavy (non-hydrogen) atoms. The molecule has 0 spiro atoms. The predicted molar refractivity (Wildman–Crippen MR) is 83.2 cm³/mol. The maximum absolute atomic E-state index is 12.6. The first-order valence-electron chi connectivity index (χ1n) is 7.35. The van der Waals surface area contributed by atoms with E-state index in [1.54, 1.807) is 15.8 Å². The molecular formula is C14H24N2O2S2. The molecular weight excluding hydrogens is 292 g/mol. The summed E-state index contributed by atoms with van der Waals surface area (Å²) in [7, 11) is -3.32. The highest BCUT2D eigenvalue weighted by molar-refractivity contribution is 7.89. The van der Waals surface area contributed by atoms with Gasteiger partial charge in [0.1, 0.15) is 0 Å². The maximum Gasteiger partial charge on any atom is 0.243 e. The van der Waals surface area contributed by atoms with Crippen molar-refractivity contribution in [3.05, 3.63) is 16.3 Å². The summed E-state index contributed by atoms with van der Waals surface area (Å²) in [5.41, 5.74) is 5.56. The number of nitrogens with two attached hydrogens (primary N) is 1. The molecule has 1 atom stereocenters. The lowest BCUT2D eigenvalue weighted by molar-refractivity contribution is 0.400. The Morgan fingerprint density at radius 1 is 1.40 bits per heavy atom. The topological polar surface area (TPSA) is 63.4 Å². The van der Waals surface area contributed by atoms with Crippen molar-refractivity contribution in [1.82, 2.24) is 4.31 Å². The molecule has 1 aliphatic heterocycles. The number of sulfonamides is 1. The van der Waals surface area contributed by atoms with Crippen molar-refractivity contribution in [3.8, 4) is 0 Å². The molecule has 0 aromatic carbocycles. The molecule has 1 fully saturated rings. The Hall–Kier alpha value is -0.430. The van der Waals surface area contributed by atoms with E-state index >= 15 is 0 Å². The second kappa shape index (κ2) is 7.02. The Labute approximate surface area is 126 Å². The second-order valence-electron chi connectivity index (χ2n) is 5.44. The van der Waals surface area contributed by atoms with Crippen LogP contribution < -0.4 is 5.73 Å². The first kappa shape index (κ1) is 15.9. The Kier molecular flexibility index (Phi) is 5.60. The van der Waals surface area contributed by atoms with E-state index in [0.29, 0.717) is 30.4 Å². The van der Waals surface area contributed by atoms with Gasteiger partial charge in [-0.25, -0.2) is 8.42 Å². The minimum atomic E-state index is -3.32. The molecule has 0 radical (unpaired) electrons. The third-order valence-corrected chi connectivity index (χ3v) is 6.96. The Morgan fingerprint density at radius 2 is 2.20 bits per heavy atom. The van der Waals surface area contributed by atoms with Crippen LogP contribution in [0.2, 0.25) is 0 Å². The summed E-state index contributed by atoms with van der Waals surface area (Å²) in [6, 6.07) is 1.72. The molecule has 2 N–H and O–H groups in total. The van der Waals surface area contributed by atoms with E-state index in [1.165, 1.54) is 24.2 Å². The van der Waals surface area contributed by atoms with Crippen molar-refractivity contribution in [2.45, 2.75) is 50.5 Å².